The van der Waals surface area contributed by atoms with Crippen LogP contribution < -0.4 is 19.5 Å². The van der Waals surface area contributed by atoms with Gasteiger partial charge in [0.25, 0.3) is 0 Å². The van der Waals surface area contributed by atoms with E-state index < -0.39 is 36.1 Å². The van der Waals surface area contributed by atoms with Crippen molar-refractivity contribution in [1.82, 2.24) is 5.32 Å². The van der Waals surface area contributed by atoms with E-state index in [9.17, 15) is 30.0 Å². The van der Waals surface area contributed by atoms with E-state index in [2.05, 4.69) is 30.4 Å². The van der Waals surface area contributed by atoms with Crippen molar-refractivity contribution in [2.24, 2.45) is 5.41 Å². The Bertz CT molecular complexity index is 2090. The van der Waals surface area contributed by atoms with E-state index in [1.807, 2.05) is 31.2 Å². The summed E-state index contributed by atoms with van der Waals surface area (Å²) in [5, 5.41) is 42.2. The average Bonchev–Trinajstić information content (AvgIpc) is 3.60. The first kappa shape index (κ1) is 43.8. The number of aryl methyl sites for hydroxylation is 1. The van der Waals surface area contributed by atoms with Crippen LogP contribution >= 0.6 is 23.2 Å². The molecular formula is C44H51Cl2NO10. The van der Waals surface area contributed by atoms with E-state index in [1.54, 1.807) is 25.3 Å². The van der Waals surface area contributed by atoms with Crippen LogP contribution in [0.2, 0.25) is 10.0 Å². The summed E-state index contributed by atoms with van der Waals surface area (Å²) in [6.07, 6.45) is 1.88. The molecule has 4 aromatic carbocycles. The maximum absolute atomic E-state index is 11.7. The fraction of sp³-hybridized carbons (Fsp3) is 0.409. The first-order valence-electron chi connectivity index (χ1n) is 18.9. The number of hydrogen-bond donors (Lipinski definition) is 5. The lowest BCUT2D eigenvalue weighted by molar-refractivity contribution is -0.150. The molecule has 0 spiro atoms. The Balaban J connectivity index is 1.34. The number of carboxylic acids is 2. The van der Waals surface area contributed by atoms with Crippen molar-refractivity contribution in [1.29, 1.82) is 0 Å². The Morgan fingerprint density at radius 2 is 1.53 bits per heavy atom. The smallest absolute Gasteiger partial charge is 0.326 e. The van der Waals surface area contributed by atoms with Gasteiger partial charge in [-0.05, 0) is 116 Å². The van der Waals surface area contributed by atoms with E-state index in [-0.39, 0.29) is 32.3 Å². The zero-order valence-electron chi connectivity index (χ0n) is 32.9. The molecule has 5 rings (SSSR count). The Kier molecular flexibility index (Phi) is 14.5. The molecule has 306 valence electrons. The van der Waals surface area contributed by atoms with Gasteiger partial charge < -0.3 is 39.4 Å². The third kappa shape index (κ3) is 9.85. The number of fused-ring (bicyclic) bond motifs is 1. The van der Waals surface area contributed by atoms with Crippen LogP contribution in [0, 0.1) is 12.3 Å². The molecule has 5 N–H and O–H groups in total. The number of carbonyl (C=O) groups is 2. The Labute approximate surface area is 343 Å². The zero-order valence-corrected chi connectivity index (χ0v) is 34.4. The molecule has 0 aromatic heterocycles. The molecule has 0 heterocycles. The van der Waals surface area contributed by atoms with Crippen molar-refractivity contribution in [3.63, 3.8) is 0 Å². The summed E-state index contributed by atoms with van der Waals surface area (Å²) in [4.78, 5) is 23.5. The highest BCUT2D eigenvalue weighted by Gasteiger charge is 2.34. The number of benzene rings is 4. The molecule has 0 fully saturated rings. The summed E-state index contributed by atoms with van der Waals surface area (Å²) in [5.41, 5.74) is 5.96. The van der Waals surface area contributed by atoms with Crippen molar-refractivity contribution < 1.29 is 49.0 Å². The number of hydrogen-bond acceptors (Lipinski definition) is 9. The predicted molar refractivity (Wildman–Crippen MR) is 219 cm³/mol. The summed E-state index contributed by atoms with van der Waals surface area (Å²) in [6, 6.07) is 19.4. The standard InChI is InChI=1S/C44H51Cl2NO10/c1-6-55-38-20-40(36(46)18-29(38)21-47-44(4,25-49)42(52)53)57-37-14-13-33-32(11-8-12-34(33)37)31-10-7-9-28(26(31)2)23-56-39-19-30(22-54-5)27(17-35(39)45)15-16-43(3,24-48)41(50)51/h7-12,17-20,37,47-49H,6,13-16,21-25H2,1-5H3,(H,50,51)(H,52,53)/t37-,43-,44-/m0/s1. The molecule has 4 aromatic rings. The molecule has 11 nitrogen and oxygen atoms in total. The molecule has 1 aliphatic carbocycles. The van der Waals surface area contributed by atoms with Gasteiger partial charge in [0, 0.05) is 25.3 Å². The summed E-state index contributed by atoms with van der Waals surface area (Å²) >= 11 is 13.5. The molecule has 3 atom stereocenters. The second-order valence-electron chi connectivity index (χ2n) is 14.9. The van der Waals surface area contributed by atoms with Crippen molar-refractivity contribution in [2.75, 3.05) is 26.9 Å². The summed E-state index contributed by atoms with van der Waals surface area (Å²) in [5.74, 6) is -0.785. The van der Waals surface area contributed by atoms with Gasteiger partial charge in [-0.3, -0.25) is 14.9 Å². The zero-order chi connectivity index (χ0) is 41.5. The lowest BCUT2D eigenvalue weighted by atomic mass is 9.84. The molecule has 0 amide bonds. The van der Waals surface area contributed by atoms with Crippen molar-refractivity contribution >= 4 is 35.1 Å². The van der Waals surface area contributed by atoms with Gasteiger partial charge in [-0.2, -0.15) is 0 Å². The van der Waals surface area contributed by atoms with E-state index in [4.69, 9.17) is 42.1 Å². The largest absolute Gasteiger partial charge is 0.493 e. The monoisotopic (exact) mass is 823 g/mol. The minimum Gasteiger partial charge on any atom is -0.493 e. The molecule has 57 heavy (non-hydrogen) atoms. The number of halogens is 2. The van der Waals surface area contributed by atoms with Crippen molar-refractivity contribution in [2.45, 2.75) is 84.8 Å². The Hall–Kier alpha value is -4.36. The van der Waals surface area contributed by atoms with Gasteiger partial charge in [0.1, 0.15) is 35.5 Å². The van der Waals surface area contributed by atoms with E-state index in [1.165, 1.54) is 19.4 Å². The first-order chi connectivity index (χ1) is 27.2. The van der Waals surface area contributed by atoms with Gasteiger partial charge in [-0.1, -0.05) is 59.6 Å². The maximum atomic E-state index is 11.7. The van der Waals surface area contributed by atoms with Gasteiger partial charge in [0.2, 0.25) is 0 Å². The highest BCUT2D eigenvalue weighted by Crippen LogP contribution is 2.44. The number of aliphatic carboxylic acids is 2. The number of aliphatic hydroxyl groups excluding tert-OH is 2. The van der Waals surface area contributed by atoms with Crippen molar-refractivity contribution in [3.05, 3.63) is 110 Å². The van der Waals surface area contributed by atoms with E-state index in [0.29, 0.717) is 45.9 Å². The minimum absolute atomic E-state index is 0.105. The van der Waals surface area contributed by atoms with Crippen LogP contribution in [-0.2, 0) is 46.9 Å². The summed E-state index contributed by atoms with van der Waals surface area (Å²) in [7, 11) is 1.59. The fourth-order valence-electron chi connectivity index (χ4n) is 6.95. The molecule has 0 saturated heterocycles. The minimum atomic E-state index is -1.53. The van der Waals surface area contributed by atoms with Gasteiger partial charge in [0.15, 0.2) is 0 Å². The van der Waals surface area contributed by atoms with E-state index in [0.717, 1.165) is 51.8 Å². The molecule has 13 heteroatoms. The number of nitrogens with one attached hydrogen (secondary N) is 1. The second kappa shape index (κ2) is 18.9. The summed E-state index contributed by atoms with van der Waals surface area (Å²) < 4.78 is 24.2. The average molecular weight is 825 g/mol. The van der Waals surface area contributed by atoms with Crippen molar-refractivity contribution in [3.8, 4) is 28.4 Å². The van der Waals surface area contributed by atoms with Crippen LogP contribution in [0.5, 0.6) is 17.2 Å². The highest BCUT2D eigenvalue weighted by molar-refractivity contribution is 6.32. The Morgan fingerprint density at radius 1 is 0.825 bits per heavy atom. The molecule has 0 aliphatic heterocycles. The topological polar surface area (TPSA) is 164 Å². The third-order valence-electron chi connectivity index (χ3n) is 10.8. The molecule has 0 unspecified atom stereocenters. The number of rotatable bonds is 20. The molecule has 0 bridgehead atoms. The lowest BCUT2D eigenvalue weighted by Gasteiger charge is -2.25. The SMILES string of the molecule is CCOc1cc(O[C@H]2CCc3c(-c4cccc(COc5cc(COC)c(CC[C@@](C)(CO)C(=O)O)cc5Cl)c4C)cccc32)c(Cl)cc1CN[C@@](C)(CO)C(=O)O. The number of carboxylic acid groups (broad SMARTS) is 2. The normalized spacial score (nSPS) is 15.7. The van der Waals surface area contributed by atoms with Crippen LogP contribution in [0.4, 0.5) is 0 Å². The lowest BCUT2D eigenvalue weighted by Crippen LogP contribution is -2.52. The molecule has 0 radical (unpaired) electrons. The van der Waals surface area contributed by atoms with Gasteiger partial charge >= 0.3 is 11.9 Å². The molecule has 0 saturated carbocycles. The molecular weight excluding hydrogens is 773 g/mol. The Morgan fingerprint density at radius 3 is 2.19 bits per heavy atom. The third-order valence-corrected chi connectivity index (χ3v) is 11.4. The van der Waals surface area contributed by atoms with Gasteiger partial charge in [0.05, 0.1) is 41.9 Å². The van der Waals surface area contributed by atoms with Gasteiger partial charge in [-0.15, -0.1) is 0 Å². The van der Waals surface area contributed by atoms with Crippen LogP contribution in [-0.4, -0.2) is 64.8 Å². The van der Waals surface area contributed by atoms with Crippen LogP contribution in [0.15, 0.2) is 60.7 Å². The van der Waals surface area contributed by atoms with Crippen LogP contribution in [0.3, 0.4) is 0 Å². The summed E-state index contributed by atoms with van der Waals surface area (Å²) in [6.45, 7) is 6.82. The number of methoxy groups -OCH3 is 1. The number of aliphatic hydroxyl groups is 2. The quantitative estimate of drug-likeness (QED) is 0.0585. The highest BCUT2D eigenvalue weighted by atomic mass is 35.5. The molecule has 1 aliphatic rings. The first-order valence-corrected chi connectivity index (χ1v) is 19.6. The number of ether oxygens (including phenoxy) is 4. The van der Waals surface area contributed by atoms with Gasteiger partial charge in [-0.25, -0.2) is 0 Å². The fourth-order valence-corrected chi connectivity index (χ4v) is 7.42. The second-order valence-corrected chi connectivity index (χ2v) is 15.7. The van der Waals surface area contributed by atoms with Crippen LogP contribution in [0.25, 0.3) is 11.1 Å². The predicted octanol–water partition coefficient (Wildman–Crippen LogP) is 8.10. The maximum Gasteiger partial charge on any atom is 0.326 e. The van der Waals surface area contributed by atoms with Crippen LogP contribution in [0.1, 0.15) is 78.7 Å². The van der Waals surface area contributed by atoms with E-state index >= 15 is 0 Å².